The Morgan fingerprint density at radius 1 is 1.16 bits per heavy atom. The summed E-state index contributed by atoms with van der Waals surface area (Å²) in [5.41, 5.74) is 1.52. The number of fused-ring (bicyclic) bond motifs is 1. The van der Waals surface area contributed by atoms with E-state index in [2.05, 4.69) is 9.97 Å². The number of nitrogens with zero attached hydrogens (tertiary/aromatic N) is 2. The number of carbonyl (C=O) groups excluding carboxylic acids is 1. The van der Waals surface area contributed by atoms with Crippen LogP contribution in [0.1, 0.15) is 10.5 Å². The fourth-order valence-corrected chi connectivity index (χ4v) is 2.03. The number of hydrogen-bond donors (Lipinski definition) is 1. The number of amides is 1. The zero-order valence-corrected chi connectivity index (χ0v) is 10.5. The van der Waals surface area contributed by atoms with Crippen molar-refractivity contribution in [2.75, 3.05) is 11.9 Å². The van der Waals surface area contributed by atoms with Crippen molar-refractivity contribution in [1.29, 1.82) is 0 Å². The minimum atomic E-state index is -0.102. The fourth-order valence-electron chi connectivity index (χ4n) is 2.03. The molecular formula is C15H13N3O. The molecule has 0 fully saturated rings. The van der Waals surface area contributed by atoms with Crippen LogP contribution in [0, 0.1) is 0 Å². The first kappa shape index (κ1) is 11.5. The summed E-state index contributed by atoms with van der Waals surface area (Å²) in [6.07, 6.45) is 1.67. The number of pyridine rings is 1. The molecule has 3 aromatic rings. The van der Waals surface area contributed by atoms with E-state index in [1.807, 2.05) is 42.5 Å². The molecule has 4 nitrogen and oxygen atoms in total. The molecule has 0 unspecified atom stereocenters. The molecule has 4 heteroatoms. The van der Waals surface area contributed by atoms with Crippen LogP contribution in [0.3, 0.4) is 0 Å². The normalized spacial score (nSPS) is 10.6. The maximum atomic E-state index is 12.4. The number of aromatic amines is 1. The molecule has 0 radical (unpaired) electrons. The topological polar surface area (TPSA) is 49.0 Å². The van der Waals surface area contributed by atoms with E-state index in [9.17, 15) is 4.79 Å². The van der Waals surface area contributed by atoms with Crippen LogP contribution in [0.15, 0.2) is 54.7 Å². The standard InChI is InChI=1S/C15H13N3O/c1-18(14-8-4-5-9-16-14)15(19)13-10-11-6-2-3-7-12(11)17-13/h2-10,17H,1H3. The Labute approximate surface area is 110 Å². The van der Waals surface area contributed by atoms with E-state index >= 15 is 0 Å². The summed E-state index contributed by atoms with van der Waals surface area (Å²) in [5.74, 6) is 0.529. The van der Waals surface area contributed by atoms with Crippen LogP contribution < -0.4 is 4.90 Å². The van der Waals surface area contributed by atoms with Gasteiger partial charge in [0.25, 0.3) is 5.91 Å². The third-order valence-electron chi connectivity index (χ3n) is 3.06. The highest BCUT2D eigenvalue weighted by Crippen LogP contribution is 2.17. The van der Waals surface area contributed by atoms with Gasteiger partial charge >= 0.3 is 0 Å². The Kier molecular flexibility index (Phi) is 2.76. The van der Waals surface area contributed by atoms with Crippen LogP contribution in [-0.2, 0) is 0 Å². The molecule has 0 saturated heterocycles. The second-order valence-electron chi connectivity index (χ2n) is 4.32. The minimum Gasteiger partial charge on any atom is -0.351 e. The summed E-state index contributed by atoms with van der Waals surface area (Å²) in [6.45, 7) is 0. The molecule has 1 aromatic carbocycles. The lowest BCUT2D eigenvalue weighted by atomic mass is 10.2. The second kappa shape index (κ2) is 4.57. The number of anilines is 1. The summed E-state index contributed by atoms with van der Waals surface area (Å²) >= 11 is 0. The molecule has 2 heterocycles. The largest absolute Gasteiger partial charge is 0.351 e. The van der Waals surface area contributed by atoms with Crippen LogP contribution in [0.4, 0.5) is 5.82 Å². The van der Waals surface area contributed by atoms with Gasteiger partial charge in [0.1, 0.15) is 11.5 Å². The molecule has 0 bridgehead atoms. The molecule has 19 heavy (non-hydrogen) atoms. The Hall–Kier alpha value is -2.62. The van der Waals surface area contributed by atoms with E-state index in [-0.39, 0.29) is 5.91 Å². The Morgan fingerprint density at radius 2 is 1.95 bits per heavy atom. The van der Waals surface area contributed by atoms with Crippen molar-refractivity contribution in [3.63, 3.8) is 0 Å². The molecule has 1 N–H and O–H groups in total. The third-order valence-corrected chi connectivity index (χ3v) is 3.06. The van der Waals surface area contributed by atoms with Crippen molar-refractivity contribution < 1.29 is 4.79 Å². The molecule has 0 saturated carbocycles. The number of benzene rings is 1. The van der Waals surface area contributed by atoms with Crippen molar-refractivity contribution in [3.05, 3.63) is 60.4 Å². The van der Waals surface area contributed by atoms with Gasteiger partial charge in [-0.05, 0) is 24.3 Å². The molecule has 2 aromatic heterocycles. The molecule has 0 spiro atoms. The molecule has 0 aliphatic rings. The van der Waals surface area contributed by atoms with Gasteiger partial charge in [0.05, 0.1) is 0 Å². The molecule has 0 atom stereocenters. The average Bonchev–Trinajstić information content (AvgIpc) is 2.90. The second-order valence-corrected chi connectivity index (χ2v) is 4.32. The highest BCUT2D eigenvalue weighted by Gasteiger charge is 2.16. The third kappa shape index (κ3) is 2.08. The van der Waals surface area contributed by atoms with Crippen LogP contribution in [-0.4, -0.2) is 22.9 Å². The van der Waals surface area contributed by atoms with E-state index in [0.29, 0.717) is 11.5 Å². The quantitative estimate of drug-likeness (QED) is 0.761. The Bertz CT molecular complexity index is 685. The summed E-state index contributed by atoms with van der Waals surface area (Å²) in [7, 11) is 1.72. The van der Waals surface area contributed by atoms with Gasteiger partial charge in [0.2, 0.25) is 0 Å². The van der Waals surface area contributed by atoms with Crippen molar-refractivity contribution in [1.82, 2.24) is 9.97 Å². The molecule has 0 aliphatic carbocycles. The average molecular weight is 251 g/mol. The van der Waals surface area contributed by atoms with Gasteiger partial charge in [-0.15, -0.1) is 0 Å². The minimum absolute atomic E-state index is 0.102. The van der Waals surface area contributed by atoms with Crippen LogP contribution >= 0.6 is 0 Å². The Morgan fingerprint density at radius 3 is 2.68 bits per heavy atom. The summed E-state index contributed by atoms with van der Waals surface area (Å²) in [5, 5.41) is 1.03. The van der Waals surface area contributed by atoms with Gasteiger partial charge in [-0.2, -0.15) is 0 Å². The number of H-pyrrole nitrogens is 1. The maximum absolute atomic E-state index is 12.4. The van der Waals surface area contributed by atoms with Crippen LogP contribution in [0.5, 0.6) is 0 Å². The molecule has 94 valence electrons. The lowest BCUT2D eigenvalue weighted by Gasteiger charge is -2.14. The monoisotopic (exact) mass is 251 g/mol. The molecule has 1 amide bonds. The number of rotatable bonds is 2. The van der Waals surface area contributed by atoms with E-state index in [4.69, 9.17) is 0 Å². The van der Waals surface area contributed by atoms with Crippen molar-refractivity contribution in [2.24, 2.45) is 0 Å². The van der Waals surface area contributed by atoms with Gasteiger partial charge < -0.3 is 4.98 Å². The summed E-state index contributed by atoms with van der Waals surface area (Å²) in [4.78, 5) is 21.2. The number of nitrogens with one attached hydrogen (secondary N) is 1. The zero-order valence-electron chi connectivity index (χ0n) is 10.5. The highest BCUT2D eigenvalue weighted by atomic mass is 16.2. The first-order valence-corrected chi connectivity index (χ1v) is 6.02. The number of para-hydroxylation sites is 1. The maximum Gasteiger partial charge on any atom is 0.275 e. The first-order chi connectivity index (χ1) is 9.25. The number of carbonyl (C=O) groups is 1. The molecule has 3 rings (SSSR count). The lowest BCUT2D eigenvalue weighted by molar-refractivity contribution is 0.0988. The predicted molar refractivity (Wildman–Crippen MR) is 75.3 cm³/mol. The summed E-state index contributed by atoms with van der Waals surface area (Å²) < 4.78 is 0. The van der Waals surface area contributed by atoms with Gasteiger partial charge in [-0.25, -0.2) is 4.98 Å². The molecular weight excluding hydrogens is 238 g/mol. The zero-order chi connectivity index (χ0) is 13.2. The lowest BCUT2D eigenvalue weighted by Crippen LogP contribution is -2.27. The number of hydrogen-bond acceptors (Lipinski definition) is 2. The summed E-state index contributed by atoms with van der Waals surface area (Å²) in [6, 6.07) is 15.2. The van der Waals surface area contributed by atoms with Gasteiger partial charge in [0.15, 0.2) is 0 Å². The van der Waals surface area contributed by atoms with Gasteiger partial charge in [-0.1, -0.05) is 24.3 Å². The van der Waals surface area contributed by atoms with Gasteiger partial charge in [0, 0.05) is 24.1 Å². The van der Waals surface area contributed by atoms with Gasteiger partial charge in [-0.3, -0.25) is 9.69 Å². The van der Waals surface area contributed by atoms with E-state index in [1.165, 1.54) is 4.90 Å². The first-order valence-electron chi connectivity index (χ1n) is 6.02. The van der Waals surface area contributed by atoms with Crippen molar-refractivity contribution >= 4 is 22.6 Å². The van der Waals surface area contributed by atoms with E-state index in [0.717, 1.165) is 10.9 Å². The smallest absolute Gasteiger partial charge is 0.275 e. The predicted octanol–water partition coefficient (Wildman–Crippen LogP) is 2.84. The van der Waals surface area contributed by atoms with Crippen molar-refractivity contribution in [2.45, 2.75) is 0 Å². The SMILES string of the molecule is CN(C(=O)c1cc2ccccc2[nH]1)c1ccccn1. The van der Waals surface area contributed by atoms with Crippen LogP contribution in [0.25, 0.3) is 10.9 Å². The van der Waals surface area contributed by atoms with Crippen LogP contribution in [0.2, 0.25) is 0 Å². The molecule has 0 aliphatic heterocycles. The van der Waals surface area contributed by atoms with E-state index < -0.39 is 0 Å². The van der Waals surface area contributed by atoms with Crippen molar-refractivity contribution in [3.8, 4) is 0 Å². The van der Waals surface area contributed by atoms with E-state index in [1.54, 1.807) is 19.3 Å². The fraction of sp³-hybridized carbons (Fsp3) is 0.0667. The number of aromatic nitrogens is 2. The Balaban J connectivity index is 1.95. The highest BCUT2D eigenvalue weighted by molar-refractivity contribution is 6.06.